The fourth-order valence-electron chi connectivity index (χ4n) is 3.38. The van der Waals surface area contributed by atoms with Crippen LogP contribution in [0.1, 0.15) is 46.0 Å². The van der Waals surface area contributed by atoms with Crippen molar-refractivity contribution < 1.29 is 4.79 Å². The van der Waals surface area contributed by atoms with Gasteiger partial charge in [0.2, 0.25) is 5.91 Å². The molecule has 0 saturated carbocycles. The Morgan fingerprint density at radius 2 is 2.05 bits per heavy atom. The van der Waals surface area contributed by atoms with Gasteiger partial charge in [0, 0.05) is 25.6 Å². The molecule has 22 heavy (non-hydrogen) atoms. The van der Waals surface area contributed by atoms with E-state index < -0.39 is 0 Å². The first-order valence-corrected chi connectivity index (χ1v) is 8.36. The number of carbonyl (C=O) groups is 1. The van der Waals surface area contributed by atoms with E-state index in [0.717, 1.165) is 32.6 Å². The van der Waals surface area contributed by atoms with Gasteiger partial charge in [0.05, 0.1) is 0 Å². The molecule has 0 aromatic heterocycles. The second-order valence-electron chi connectivity index (χ2n) is 6.80. The maximum Gasteiger partial charge on any atom is 0.220 e. The third-order valence-corrected chi connectivity index (χ3v) is 4.81. The highest BCUT2D eigenvalue weighted by molar-refractivity contribution is 5.85. The number of nitrogens with zero attached hydrogens (tertiary/aromatic N) is 1. The van der Waals surface area contributed by atoms with Gasteiger partial charge in [-0.25, -0.2) is 0 Å². The summed E-state index contributed by atoms with van der Waals surface area (Å²) in [4.78, 5) is 14.4. The van der Waals surface area contributed by atoms with Crippen molar-refractivity contribution in [2.45, 2.75) is 52.0 Å². The Morgan fingerprint density at radius 1 is 1.27 bits per heavy atom. The summed E-state index contributed by atoms with van der Waals surface area (Å²) in [5.41, 5.74) is 0. The van der Waals surface area contributed by atoms with Gasteiger partial charge in [-0.05, 0) is 71.0 Å². The molecule has 132 valence electrons. The Bertz CT molecular complexity index is 310. The molecule has 2 fully saturated rings. The molecule has 0 aromatic carbocycles. The summed E-state index contributed by atoms with van der Waals surface area (Å²) in [5.74, 6) is 1.61. The van der Waals surface area contributed by atoms with Gasteiger partial charge in [-0.3, -0.25) is 4.79 Å². The van der Waals surface area contributed by atoms with E-state index in [0.29, 0.717) is 24.3 Å². The van der Waals surface area contributed by atoms with Gasteiger partial charge >= 0.3 is 0 Å². The van der Waals surface area contributed by atoms with Crippen LogP contribution in [0.4, 0.5) is 0 Å². The third kappa shape index (κ3) is 7.49. The Labute approximate surface area is 148 Å². The topological polar surface area (TPSA) is 44.4 Å². The Hall–Kier alpha value is -0.0300. The van der Waals surface area contributed by atoms with E-state index in [1.165, 1.54) is 25.8 Å². The fourth-order valence-corrected chi connectivity index (χ4v) is 3.38. The molecule has 0 spiro atoms. The summed E-state index contributed by atoms with van der Waals surface area (Å²) >= 11 is 0. The number of nitrogens with one attached hydrogen (secondary N) is 2. The lowest BCUT2D eigenvalue weighted by molar-refractivity contribution is -0.121. The Morgan fingerprint density at radius 3 is 2.68 bits per heavy atom. The number of carbonyl (C=O) groups excluding carboxylic acids is 1. The van der Waals surface area contributed by atoms with Crippen LogP contribution in [0.15, 0.2) is 0 Å². The van der Waals surface area contributed by atoms with Crippen LogP contribution in [0, 0.1) is 11.8 Å². The Balaban J connectivity index is 0.00000220. The fraction of sp³-hybridized carbons (Fsp3) is 0.938. The van der Waals surface area contributed by atoms with Gasteiger partial charge in [-0.15, -0.1) is 24.8 Å². The van der Waals surface area contributed by atoms with Gasteiger partial charge < -0.3 is 15.5 Å². The normalized spacial score (nSPS) is 25.4. The summed E-state index contributed by atoms with van der Waals surface area (Å²) in [6.45, 7) is 9.97. The zero-order chi connectivity index (χ0) is 14.4. The van der Waals surface area contributed by atoms with Crippen molar-refractivity contribution in [3.05, 3.63) is 0 Å². The second kappa shape index (κ2) is 11.5. The number of hydrogen-bond acceptors (Lipinski definition) is 3. The first-order valence-electron chi connectivity index (χ1n) is 8.36. The lowest BCUT2D eigenvalue weighted by Gasteiger charge is -2.35. The summed E-state index contributed by atoms with van der Waals surface area (Å²) in [5, 5.41) is 6.51. The van der Waals surface area contributed by atoms with Gasteiger partial charge in [0.15, 0.2) is 0 Å². The van der Waals surface area contributed by atoms with Crippen molar-refractivity contribution in [2.75, 3.05) is 32.7 Å². The van der Waals surface area contributed by atoms with E-state index in [-0.39, 0.29) is 30.7 Å². The van der Waals surface area contributed by atoms with Gasteiger partial charge in [0.1, 0.15) is 0 Å². The highest BCUT2D eigenvalue weighted by atomic mass is 35.5. The van der Waals surface area contributed by atoms with Crippen molar-refractivity contribution in [2.24, 2.45) is 11.8 Å². The maximum absolute atomic E-state index is 11.9. The van der Waals surface area contributed by atoms with E-state index in [9.17, 15) is 4.79 Å². The smallest absolute Gasteiger partial charge is 0.220 e. The van der Waals surface area contributed by atoms with Crippen LogP contribution in [0.3, 0.4) is 0 Å². The molecule has 0 aliphatic carbocycles. The van der Waals surface area contributed by atoms with E-state index in [4.69, 9.17) is 0 Å². The molecule has 2 saturated heterocycles. The number of amides is 1. The SMILES string of the molecule is CC(C)N1CCCC(CNC(=O)CCC2CCNC2)C1.Cl.Cl. The van der Waals surface area contributed by atoms with Crippen LogP contribution < -0.4 is 10.6 Å². The van der Waals surface area contributed by atoms with E-state index >= 15 is 0 Å². The lowest BCUT2D eigenvalue weighted by atomic mass is 9.96. The molecule has 4 nitrogen and oxygen atoms in total. The quantitative estimate of drug-likeness (QED) is 0.770. The minimum Gasteiger partial charge on any atom is -0.356 e. The van der Waals surface area contributed by atoms with Gasteiger partial charge in [0.25, 0.3) is 0 Å². The van der Waals surface area contributed by atoms with Crippen molar-refractivity contribution in [3.8, 4) is 0 Å². The maximum atomic E-state index is 11.9. The number of rotatable bonds is 6. The molecule has 6 heteroatoms. The van der Waals surface area contributed by atoms with Gasteiger partial charge in [-0.1, -0.05) is 0 Å². The van der Waals surface area contributed by atoms with Crippen molar-refractivity contribution in [1.29, 1.82) is 0 Å². The molecule has 2 aliphatic heterocycles. The number of hydrogen-bond donors (Lipinski definition) is 2. The van der Waals surface area contributed by atoms with Crippen LogP contribution in [0.2, 0.25) is 0 Å². The molecule has 2 N–H and O–H groups in total. The molecular weight excluding hydrogens is 321 g/mol. The third-order valence-electron chi connectivity index (χ3n) is 4.81. The number of likely N-dealkylation sites (tertiary alicyclic amines) is 1. The van der Waals surface area contributed by atoms with Crippen LogP contribution >= 0.6 is 24.8 Å². The first-order chi connectivity index (χ1) is 9.65. The van der Waals surface area contributed by atoms with E-state index in [1.54, 1.807) is 0 Å². The molecule has 2 unspecified atom stereocenters. The van der Waals surface area contributed by atoms with E-state index in [2.05, 4.69) is 29.4 Å². The minimum absolute atomic E-state index is 0. The molecule has 1 amide bonds. The zero-order valence-corrected chi connectivity index (χ0v) is 15.6. The van der Waals surface area contributed by atoms with Crippen LogP contribution in [0.25, 0.3) is 0 Å². The predicted molar refractivity (Wildman–Crippen MR) is 97.1 cm³/mol. The molecular formula is C16H33Cl2N3O. The predicted octanol–water partition coefficient (Wildman–Crippen LogP) is 2.46. The van der Waals surface area contributed by atoms with Crippen molar-refractivity contribution in [1.82, 2.24) is 15.5 Å². The molecule has 2 aliphatic rings. The summed E-state index contributed by atoms with van der Waals surface area (Å²) in [7, 11) is 0. The molecule has 0 aromatic rings. The monoisotopic (exact) mass is 353 g/mol. The average molecular weight is 354 g/mol. The van der Waals surface area contributed by atoms with Crippen molar-refractivity contribution >= 4 is 30.7 Å². The first kappa shape index (κ1) is 22.0. The molecule has 0 radical (unpaired) electrons. The minimum atomic E-state index is 0. The van der Waals surface area contributed by atoms with Crippen molar-refractivity contribution in [3.63, 3.8) is 0 Å². The molecule has 0 bridgehead atoms. The lowest BCUT2D eigenvalue weighted by Crippen LogP contribution is -2.43. The number of piperidine rings is 1. The van der Waals surface area contributed by atoms with E-state index in [1.807, 2.05) is 0 Å². The van der Waals surface area contributed by atoms with Crippen LogP contribution in [-0.2, 0) is 4.79 Å². The number of halogens is 2. The summed E-state index contributed by atoms with van der Waals surface area (Å²) in [6, 6.07) is 0.628. The van der Waals surface area contributed by atoms with Gasteiger partial charge in [-0.2, -0.15) is 0 Å². The second-order valence-corrected chi connectivity index (χ2v) is 6.80. The summed E-state index contributed by atoms with van der Waals surface area (Å²) in [6.07, 6.45) is 5.51. The zero-order valence-electron chi connectivity index (χ0n) is 14.0. The van der Waals surface area contributed by atoms with Crippen LogP contribution in [-0.4, -0.2) is 49.6 Å². The average Bonchev–Trinajstić information content (AvgIpc) is 2.96. The summed E-state index contributed by atoms with van der Waals surface area (Å²) < 4.78 is 0. The molecule has 2 heterocycles. The largest absolute Gasteiger partial charge is 0.356 e. The highest BCUT2D eigenvalue weighted by Crippen LogP contribution is 2.18. The standard InChI is InChI=1S/C16H31N3O.2ClH/c1-13(2)19-9-3-4-15(12-19)11-18-16(20)6-5-14-7-8-17-10-14;;/h13-15,17H,3-12H2,1-2H3,(H,18,20);2*1H. The highest BCUT2D eigenvalue weighted by Gasteiger charge is 2.22. The Kier molecular flexibility index (Phi) is 11.5. The van der Waals surface area contributed by atoms with Crippen LogP contribution in [0.5, 0.6) is 0 Å². The molecule has 2 atom stereocenters. The molecule has 2 rings (SSSR count).